The minimum absolute atomic E-state index is 0.0426. The Bertz CT molecular complexity index is 398. The number of alkyl halides is 3. The van der Waals surface area contributed by atoms with Crippen LogP contribution in [0, 0.1) is 11.8 Å². The summed E-state index contributed by atoms with van der Waals surface area (Å²) in [5.74, 6) is -0.133. The predicted molar refractivity (Wildman–Crippen MR) is 78.2 cm³/mol. The molecule has 0 spiro atoms. The van der Waals surface area contributed by atoms with Gasteiger partial charge in [0.1, 0.15) is 0 Å². The van der Waals surface area contributed by atoms with Crippen LogP contribution in [0.4, 0.5) is 13.2 Å². The summed E-state index contributed by atoms with van der Waals surface area (Å²) >= 11 is 0. The van der Waals surface area contributed by atoms with Crippen LogP contribution in [-0.4, -0.2) is 48.7 Å². The Kier molecular flexibility index (Phi) is 5.37. The van der Waals surface area contributed by atoms with Gasteiger partial charge in [0.15, 0.2) is 0 Å². The van der Waals surface area contributed by atoms with Gasteiger partial charge in [0.2, 0.25) is 5.91 Å². The monoisotopic (exact) mass is 321 g/mol. The van der Waals surface area contributed by atoms with Gasteiger partial charge in [-0.1, -0.05) is 12.8 Å². The van der Waals surface area contributed by atoms with Crippen LogP contribution >= 0.6 is 0 Å². The van der Waals surface area contributed by atoms with Crippen LogP contribution in [0.5, 0.6) is 0 Å². The van der Waals surface area contributed by atoms with Gasteiger partial charge in [-0.2, -0.15) is 13.2 Å². The van der Waals surface area contributed by atoms with Crippen molar-refractivity contribution in [3.8, 4) is 0 Å². The van der Waals surface area contributed by atoms with Crippen LogP contribution in [0.15, 0.2) is 0 Å². The number of carbonyl (C=O) groups is 1. The number of nitrogens with one attached hydrogen (secondary N) is 1. The summed E-state index contributed by atoms with van der Waals surface area (Å²) < 4.78 is 37.1. The van der Waals surface area contributed by atoms with Crippen molar-refractivity contribution in [3.63, 3.8) is 0 Å². The largest absolute Gasteiger partial charge is 0.401 e. The molecule has 7 heteroatoms. The smallest absolute Gasteiger partial charge is 0.355 e. The molecule has 0 aromatic rings. The number of nitrogens with two attached hydrogens (primary N) is 1. The maximum absolute atomic E-state index is 12.4. The molecule has 1 heterocycles. The quantitative estimate of drug-likeness (QED) is 0.831. The Hall–Kier alpha value is -0.820. The number of carbonyl (C=O) groups excluding carboxylic acids is 1. The lowest BCUT2D eigenvalue weighted by molar-refractivity contribution is -0.144. The van der Waals surface area contributed by atoms with E-state index in [1.165, 1.54) is 4.90 Å². The standard InChI is InChI=1S/C15H26F3N3O/c1-14(19)6-3-2-4-12(14)13(22)20-8-11-5-7-21(9-11)10-15(16,17)18/h11-12H,2-10,19H2,1H3,(H,20,22). The second-order valence-electron chi connectivity index (χ2n) is 7.05. The highest BCUT2D eigenvalue weighted by atomic mass is 19.4. The Morgan fingerprint density at radius 2 is 2.09 bits per heavy atom. The molecule has 3 atom stereocenters. The SMILES string of the molecule is CC1(N)CCCCC1C(=O)NCC1CCN(CC(F)(F)F)C1. The number of rotatable bonds is 4. The van der Waals surface area contributed by atoms with Gasteiger partial charge < -0.3 is 11.1 Å². The van der Waals surface area contributed by atoms with E-state index in [1.54, 1.807) is 0 Å². The number of hydrogen-bond donors (Lipinski definition) is 2. The average Bonchev–Trinajstić information content (AvgIpc) is 2.80. The molecule has 0 radical (unpaired) electrons. The zero-order chi connectivity index (χ0) is 16.4. The lowest BCUT2D eigenvalue weighted by atomic mass is 9.74. The molecular weight excluding hydrogens is 295 g/mol. The molecule has 1 saturated heterocycles. The number of likely N-dealkylation sites (tertiary alicyclic amines) is 1. The van der Waals surface area contributed by atoms with E-state index in [2.05, 4.69) is 5.32 Å². The van der Waals surface area contributed by atoms with E-state index < -0.39 is 18.3 Å². The normalized spacial score (nSPS) is 33.9. The van der Waals surface area contributed by atoms with Gasteiger partial charge in [-0.15, -0.1) is 0 Å². The summed E-state index contributed by atoms with van der Waals surface area (Å²) in [6, 6.07) is 0. The van der Waals surface area contributed by atoms with Crippen LogP contribution in [0.1, 0.15) is 39.0 Å². The van der Waals surface area contributed by atoms with E-state index in [1.807, 2.05) is 6.92 Å². The van der Waals surface area contributed by atoms with Crippen molar-refractivity contribution < 1.29 is 18.0 Å². The molecule has 1 amide bonds. The fourth-order valence-corrected chi connectivity index (χ4v) is 3.63. The summed E-state index contributed by atoms with van der Waals surface area (Å²) in [5, 5.41) is 2.91. The van der Waals surface area contributed by atoms with Crippen LogP contribution in [0.25, 0.3) is 0 Å². The zero-order valence-corrected chi connectivity index (χ0v) is 13.1. The first-order valence-corrected chi connectivity index (χ1v) is 8.03. The predicted octanol–water partition coefficient (Wildman–Crippen LogP) is 1.89. The molecule has 0 aromatic carbocycles. The van der Waals surface area contributed by atoms with E-state index in [0.717, 1.165) is 25.7 Å². The first-order valence-electron chi connectivity index (χ1n) is 8.03. The summed E-state index contributed by atoms with van der Waals surface area (Å²) in [5.41, 5.74) is 5.73. The highest BCUT2D eigenvalue weighted by molar-refractivity contribution is 5.80. The second kappa shape index (κ2) is 6.74. The second-order valence-corrected chi connectivity index (χ2v) is 7.05. The Balaban J connectivity index is 1.75. The molecule has 1 aliphatic heterocycles. The molecule has 128 valence electrons. The number of halogens is 3. The van der Waals surface area contributed by atoms with Crippen molar-refractivity contribution in [1.29, 1.82) is 0 Å². The first kappa shape index (κ1) is 17.5. The van der Waals surface area contributed by atoms with Gasteiger partial charge in [0, 0.05) is 18.6 Å². The van der Waals surface area contributed by atoms with Crippen LogP contribution < -0.4 is 11.1 Å². The average molecular weight is 321 g/mol. The molecule has 3 unspecified atom stereocenters. The third kappa shape index (κ3) is 4.84. The fraction of sp³-hybridized carbons (Fsp3) is 0.933. The van der Waals surface area contributed by atoms with Crippen LogP contribution in [0.3, 0.4) is 0 Å². The van der Waals surface area contributed by atoms with Gasteiger partial charge in [0.05, 0.1) is 12.5 Å². The van der Waals surface area contributed by atoms with Gasteiger partial charge >= 0.3 is 6.18 Å². The molecule has 2 fully saturated rings. The molecule has 0 bridgehead atoms. The number of amides is 1. The Labute approximate surface area is 129 Å². The minimum Gasteiger partial charge on any atom is -0.355 e. The molecule has 1 saturated carbocycles. The topological polar surface area (TPSA) is 58.4 Å². The molecule has 2 rings (SSSR count). The van der Waals surface area contributed by atoms with Crippen molar-refractivity contribution in [3.05, 3.63) is 0 Å². The van der Waals surface area contributed by atoms with Crippen molar-refractivity contribution in [2.45, 2.75) is 50.7 Å². The van der Waals surface area contributed by atoms with E-state index in [-0.39, 0.29) is 17.7 Å². The third-order valence-corrected chi connectivity index (χ3v) is 4.91. The summed E-state index contributed by atoms with van der Waals surface area (Å²) in [4.78, 5) is 13.7. The van der Waals surface area contributed by atoms with Crippen LogP contribution in [0.2, 0.25) is 0 Å². The van der Waals surface area contributed by atoms with Gasteiger partial charge in [-0.05, 0) is 38.6 Å². The Morgan fingerprint density at radius 1 is 1.36 bits per heavy atom. The molecule has 2 aliphatic rings. The molecule has 0 aromatic heterocycles. The highest BCUT2D eigenvalue weighted by Crippen LogP contribution is 2.31. The maximum Gasteiger partial charge on any atom is 0.401 e. The third-order valence-electron chi connectivity index (χ3n) is 4.91. The first-order chi connectivity index (χ1) is 10.2. The van der Waals surface area contributed by atoms with Gasteiger partial charge in [0.25, 0.3) is 0 Å². The van der Waals surface area contributed by atoms with E-state index in [9.17, 15) is 18.0 Å². The van der Waals surface area contributed by atoms with Crippen molar-refractivity contribution in [2.24, 2.45) is 17.6 Å². The molecule has 22 heavy (non-hydrogen) atoms. The van der Waals surface area contributed by atoms with E-state index in [0.29, 0.717) is 26.1 Å². The van der Waals surface area contributed by atoms with E-state index >= 15 is 0 Å². The highest BCUT2D eigenvalue weighted by Gasteiger charge is 2.38. The fourth-order valence-electron chi connectivity index (χ4n) is 3.63. The lowest BCUT2D eigenvalue weighted by Gasteiger charge is -2.37. The molecule has 4 nitrogen and oxygen atoms in total. The molecule has 3 N–H and O–H groups in total. The summed E-state index contributed by atoms with van der Waals surface area (Å²) in [6.45, 7) is 2.33. The number of nitrogens with zero attached hydrogens (tertiary/aromatic N) is 1. The van der Waals surface area contributed by atoms with Crippen molar-refractivity contribution in [2.75, 3.05) is 26.2 Å². The Morgan fingerprint density at radius 3 is 2.73 bits per heavy atom. The van der Waals surface area contributed by atoms with Crippen molar-refractivity contribution >= 4 is 5.91 Å². The zero-order valence-electron chi connectivity index (χ0n) is 13.1. The summed E-state index contributed by atoms with van der Waals surface area (Å²) in [7, 11) is 0. The maximum atomic E-state index is 12.4. The molecule has 1 aliphatic carbocycles. The van der Waals surface area contributed by atoms with Crippen LogP contribution in [-0.2, 0) is 4.79 Å². The van der Waals surface area contributed by atoms with E-state index in [4.69, 9.17) is 5.73 Å². The van der Waals surface area contributed by atoms with Gasteiger partial charge in [-0.3, -0.25) is 9.69 Å². The summed E-state index contributed by atoms with van der Waals surface area (Å²) in [6.07, 6.45) is 0.236. The molecular formula is C15H26F3N3O. The van der Waals surface area contributed by atoms with Gasteiger partial charge in [-0.25, -0.2) is 0 Å². The number of hydrogen-bond acceptors (Lipinski definition) is 3. The van der Waals surface area contributed by atoms with Crippen molar-refractivity contribution in [1.82, 2.24) is 10.2 Å². The minimum atomic E-state index is -4.15. The lowest BCUT2D eigenvalue weighted by Crippen LogP contribution is -2.53.